The summed E-state index contributed by atoms with van der Waals surface area (Å²) in [6.07, 6.45) is 7.10. The third kappa shape index (κ3) is 3.62. The van der Waals surface area contributed by atoms with E-state index in [1.54, 1.807) is 18.5 Å². The predicted molar refractivity (Wildman–Crippen MR) is 146 cm³/mol. The Morgan fingerprint density at radius 3 is 2.67 bits per heavy atom. The lowest BCUT2D eigenvalue weighted by Gasteiger charge is -2.33. The second kappa shape index (κ2) is 8.55. The summed E-state index contributed by atoms with van der Waals surface area (Å²) in [7, 11) is 0. The van der Waals surface area contributed by atoms with Gasteiger partial charge in [-0.2, -0.15) is 0 Å². The number of rotatable bonds is 1. The van der Waals surface area contributed by atoms with E-state index in [2.05, 4.69) is 42.8 Å². The van der Waals surface area contributed by atoms with Crippen LogP contribution in [0.25, 0.3) is 5.57 Å². The molecule has 3 nitrogen and oxygen atoms in total. The lowest BCUT2D eigenvalue weighted by atomic mass is 9.76. The second-order valence-electron chi connectivity index (χ2n) is 9.99. The SMILES string of the molecule is C=C1C=NC=C1C1(O)c2ccc(Cl)c(c2)CCc2cccc(c2)C2=CC(=O)CC(C)c3ccc1cc32. The molecule has 0 amide bonds. The van der Waals surface area contributed by atoms with E-state index in [0.717, 1.165) is 40.7 Å². The maximum absolute atomic E-state index is 12.9. The van der Waals surface area contributed by atoms with Crippen molar-refractivity contribution < 1.29 is 9.90 Å². The number of hydrogen-bond acceptors (Lipinski definition) is 3. The lowest BCUT2D eigenvalue weighted by molar-refractivity contribution is -0.114. The standard InChI is InChI=1S/C32H26ClNO2/c1-19-12-26(35)16-28-22-5-3-4-21(13-22)6-7-23-14-24(9-11-31(23)33)32(36,30-18-34-17-20(30)2)25-8-10-27(19)29(28)15-25/h3-5,8-11,13-19,36H,2,6-7,12H2,1H3. The molecule has 6 rings (SSSR count). The number of allylic oxidation sites excluding steroid dienone is 1. The van der Waals surface area contributed by atoms with Crippen molar-refractivity contribution in [1.82, 2.24) is 0 Å². The molecule has 3 aromatic rings. The summed E-state index contributed by atoms with van der Waals surface area (Å²) in [4.78, 5) is 17.2. The molecule has 1 aliphatic heterocycles. The first-order valence-corrected chi connectivity index (χ1v) is 12.7. The van der Waals surface area contributed by atoms with Crippen LogP contribution >= 0.6 is 11.6 Å². The molecule has 0 radical (unpaired) electrons. The number of ketones is 1. The van der Waals surface area contributed by atoms with Gasteiger partial charge in [0.2, 0.25) is 0 Å². The van der Waals surface area contributed by atoms with Crippen molar-refractivity contribution >= 4 is 29.2 Å². The largest absolute Gasteiger partial charge is 0.376 e. The first-order chi connectivity index (χ1) is 17.3. The minimum Gasteiger partial charge on any atom is -0.376 e. The monoisotopic (exact) mass is 491 g/mol. The topological polar surface area (TPSA) is 49.7 Å². The van der Waals surface area contributed by atoms with Crippen LogP contribution < -0.4 is 0 Å². The molecule has 0 fully saturated rings. The molecule has 2 aliphatic carbocycles. The molecule has 6 bridgehead atoms. The number of nitrogens with zero attached hydrogens (tertiary/aromatic N) is 1. The Hall–Kier alpha value is -3.53. The zero-order chi connectivity index (χ0) is 25.0. The molecule has 0 aromatic heterocycles. The van der Waals surface area contributed by atoms with Crippen LogP contribution in [0, 0.1) is 0 Å². The van der Waals surface area contributed by atoms with Crippen LogP contribution in [0.1, 0.15) is 58.2 Å². The summed E-state index contributed by atoms with van der Waals surface area (Å²) >= 11 is 6.63. The smallest absolute Gasteiger partial charge is 0.156 e. The van der Waals surface area contributed by atoms with Gasteiger partial charge in [0.1, 0.15) is 5.60 Å². The quantitative estimate of drug-likeness (QED) is 0.411. The van der Waals surface area contributed by atoms with Crippen LogP contribution in [0.15, 0.2) is 95.7 Å². The summed E-state index contributed by atoms with van der Waals surface area (Å²) < 4.78 is 0. The van der Waals surface area contributed by atoms with Gasteiger partial charge in [0.15, 0.2) is 5.78 Å². The molecule has 178 valence electrons. The van der Waals surface area contributed by atoms with E-state index < -0.39 is 5.60 Å². The van der Waals surface area contributed by atoms with E-state index in [9.17, 15) is 9.90 Å². The van der Waals surface area contributed by atoms with E-state index in [1.807, 2.05) is 36.4 Å². The zero-order valence-corrected chi connectivity index (χ0v) is 20.8. The molecule has 1 N–H and O–H groups in total. The Bertz CT molecular complexity index is 1540. The Kier molecular flexibility index (Phi) is 5.44. The number of aryl methyl sites for hydroxylation is 2. The van der Waals surface area contributed by atoms with Crippen LogP contribution in [0.3, 0.4) is 0 Å². The van der Waals surface area contributed by atoms with Gasteiger partial charge < -0.3 is 5.11 Å². The second-order valence-corrected chi connectivity index (χ2v) is 10.4. The highest BCUT2D eigenvalue weighted by molar-refractivity contribution is 6.31. The molecule has 0 saturated heterocycles. The van der Waals surface area contributed by atoms with Gasteiger partial charge >= 0.3 is 0 Å². The minimum atomic E-state index is -1.49. The number of fused-ring (bicyclic) bond motifs is 6. The van der Waals surface area contributed by atoms with E-state index in [-0.39, 0.29) is 11.7 Å². The molecule has 0 saturated carbocycles. The number of hydrogen-bond donors (Lipinski definition) is 1. The maximum Gasteiger partial charge on any atom is 0.156 e. The summed E-state index contributed by atoms with van der Waals surface area (Å²) in [5, 5.41) is 13.3. The van der Waals surface area contributed by atoms with Crippen molar-refractivity contribution in [2.75, 3.05) is 0 Å². The number of carbonyl (C=O) groups excluding carboxylic acids is 1. The van der Waals surface area contributed by atoms with Crippen LogP contribution in [0.4, 0.5) is 0 Å². The van der Waals surface area contributed by atoms with E-state index >= 15 is 0 Å². The third-order valence-electron chi connectivity index (χ3n) is 7.66. The summed E-state index contributed by atoms with van der Waals surface area (Å²) in [6.45, 7) is 6.24. The first kappa shape index (κ1) is 22.9. The van der Waals surface area contributed by atoms with Crippen LogP contribution in [0.2, 0.25) is 5.02 Å². The molecule has 3 aliphatic rings. The van der Waals surface area contributed by atoms with Crippen molar-refractivity contribution in [2.24, 2.45) is 4.99 Å². The van der Waals surface area contributed by atoms with Crippen LogP contribution in [0.5, 0.6) is 0 Å². The fourth-order valence-electron chi connectivity index (χ4n) is 5.71. The van der Waals surface area contributed by atoms with Gasteiger partial charge in [-0.3, -0.25) is 9.79 Å². The normalized spacial score (nSPS) is 22.7. The highest BCUT2D eigenvalue weighted by Gasteiger charge is 2.39. The van der Waals surface area contributed by atoms with E-state index in [4.69, 9.17) is 11.6 Å². The molecule has 3 aromatic carbocycles. The number of carbonyl (C=O) groups is 1. The highest BCUT2D eigenvalue weighted by atomic mass is 35.5. The summed E-state index contributed by atoms with van der Waals surface area (Å²) in [6, 6.07) is 20.2. The Labute approximate surface area is 216 Å². The number of benzene rings is 3. The van der Waals surface area contributed by atoms with E-state index in [0.29, 0.717) is 33.7 Å². The number of aliphatic imine (C=N–C) groups is 1. The molecule has 36 heavy (non-hydrogen) atoms. The van der Waals surface area contributed by atoms with Crippen LogP contribution in [-0.2, 0) is 23.2 Å². The van der Waals surface area contributed by atoms with Gasteiger partial charge in [-0.1, -0.05) is 73.6 Å². The first-order valence-electron chi connectivity index (χ1n) is 12.3. The molecule has 2 unspecified atom stereocenters. The lowest BCUT2D eigenvalue weighted by Crippen LogP contribution is -2.31. The van der Waals surface area contributed by atoms with Crippen molar-refractivity contribution in [3.05, 3.63) is 135 Å². The van der Waals surface area contributed by atoms with Crippen LogP contribution in [-0.4, -0.2) is 17.1 Å². The van der Waals surface area contributed by atoms with Gasteiger partial charge in [-0.15, -0.1) is 0 Å². The Morgan fingerprint density at radius 1 is 1.06 bits per heavy atom. The third-order valence-corrected chi connectivity index (χ3v) is 8.03. The average molecular weight is 492 g/mol. The Balaban J connectivity index is 1.70. The predicted octanol–water partition coefficient (Wildman–Crippen LogP) is 6.71. The fraction of sp³-hybridized carbons (Fsp3) is 0.188. The molecular weight excluding hydrogens is 466 g/mol. The van der Waals surface area contributed by atoms with Gasteiger partial charge in [-0.05, 0) is 87.1 Å². The zero-order valence-electron chi connectivity index (χ0n) is 20.1. The molecule has 2 atom stereocenters. The number of aliphatic hydroxyl groups is 1. The molecule has 4 heteroatoms. The molecular formula is C32H26ClNO2. The number of halogens is 1. The van der Waals surface area contributed by atoms with Gasteiger partial charge in [0.05, 0.1) is 0 Å². The summed E-state index contributed by atoms with van der Waals surface area (Å²) in [5.41, 5.74) is 7.35. The fourth-order valence-corrected chi connectivity index (χ4v) is 5.93. The molecule has 0 spiro atoms. The highest BCUT2D eigenvalue weighted by Crippen LogP contribution is 2.45. The van der Waals surface area contributed by atoms with E-state index in [1.165, 1.54) is 5.56 Å². The summed E-state index contributed by atoms with van der Waals surface area (Å²) in [5.74, 6) is 0.173. The average Bonchev–Trinajstić information content (AvgIpc) is 3.26. The maximum atomic E-state index is 12.9. The van der Waals surface area contributed by atoms with Gasteiger partial charge in [0, 0.05) is 29.4 Å². The van der Waals surface area contributed by atoms with Crippen molar-refractivity contribution in [2.45, 2.75) is 37.7 Å². The van der Waals surface area contributed by atoms with Crippen molar-refractivity contribution in [1.29, 1.82) is 0 Å². The Morgan fingerprint density at radius 2 is 1.86 bits per heavy atom. The van der Waals surface area contributed by atoms with Gasteiger partial charge in [-0.25, -0.2) is 0 Å². The minimum absolute atomic E-state index is 0.0633. The van der Waals surface area contributed by atoms with Gasteiger partial charge in [0.25, 0.3) is 0 Å². The molecule has 1 heterocycles. The van der Waals surface area contributed by atoms with Crippen molar-refractivity contribution in [3.63, 3.8) is 0 Å². The van der Waals surface area contributed by atoms with Crippen molar-refractivity contribution in [3.8, 4) is 0 Å².